The van der Waals surface area contributed by atoms with Gasteiger partial charge in [-0.2, -0.15) is 0 Å². The van der Waals surface area contributed by atoms with E-state index < -0.39 is 18.0 Å². The molecule has 0 bridgehead atoms. The van der Waals surface area contributed by atoms with Crippen LogP contribution in [0.2, 0.25) is 0 Å². The number of anilines is 1. The molecule has 2 aromatic heterocycles. The van der Waals surface area contributed by atoms with Gasteiger partial charge in [0.05, 0.1) is 5.69 Å². The first-order valence-corrected chi connectivity index (χ1v) is 8.56. The van der Waals surface area contributed by atoms with Crippen LogP contribution in [0.1, 0.15) is 17.4 Å². The number of amides is 1. The molecule has 0 saturated carbocycles. The third-order valence-corrected chi connectivity index (χ3v) is 4.37. The van der Waals surface area contributed by atoms with Gasteiger partial charge in [-0.15, -0.1) is 11.3 Å². The van der Waals surface area contributed by atoms with E-state index in [0.717, 1.165) is 11.3 Å². The van der Waals surface area contributed by atoms with E-state index >= 15 is 0 Å². The molecule has 0 radical (unpaired) electrons. The molecule has 2 heterocycles. The summed E-state index contributed by atoms with van der Waals surface area (Å²) in [5, 5.41) is 5.01. The van der Waals surface area contributed by atoms with Gasteiger partial charge in [0.1, 0.15) is 5.69 Å². The van der Waals surface area contributed by atoms with Crippen LogP contribution in [-0.4, -0.2) is 27.5 Å². The van der Waals surface area contributed by atoms with Crippen molar-refractivity contribution in [3.05, 3.63) is 59.7 Å². The molecule has 0 aliphatic carbocycles. The molecule has 25 heavy (non-hydrogen) atoms. The Morgan fingerprint density at radius 2 is 1.96 bits per heavy atom. The van der Waals surface area contributed by atoms with Gasteiger partial charge in [0, 0.05) is 24.2 Å². The molecule has 0 spiro atoms. The highest BCUT2D eigenvalue weighted by atomic mass is 32.1. The second kappa shape index (κ2) is 7.31. The maximum absolute atomic E-state index is 12.2. The maximum atomic E-state index is 12.2. The number of rotatable bonds is 5. The second-order valence-corrected chi connectivity index (χ2v) is 6.30. The average Bonchev–Trinajstić information content (AvgIpc) is 3.24. The van der Waals surface area contributed by atoms with Gasteiger partial charge in [0.15, 0.2) is 11.2 Å². The first-order valence-electron chi connectivity index (χ1n) is 7.68. The Morgan fingerprint density at radius 1 is 1.20 bits per heavy atom. The van der Waals surface area contributed by atoms with Gasteiger partial charge in [0.25, 0.3) is 5.91 Å². The fraction of sp³-hybridized carbons (Fsp3) is 0.167. The zero-order valence-electron chi connectivity index (χ0n) is 13.8. The Hall–Kier alpha value is -2.93. The highest BCUT2D eigenvalue weighted by Crippen LogP contribution is 2.24. The minimum absolute atomic E-state index is 0.389. The number of carbonyl (C=O) groups excluding carboxylic acids is 2. The number of nitrogens with zero attached hydrogens (tertiary/aromatic N) is 2. The van der Waals surface area contributed by atoms with E-state index in [9.17, 15) is 9.59 Å². The Morgan fingerprint density at radius 3 is 2.64 bits per heavy atom. The molecule has 1 aromatic carbocycles. The van der Waals surface area contributed by atoms with Crippen molar-refractivity contribution in [2.24, 2.45) is 7.05 Å². The van der Waals surface area contributed by atoms with E-state index in [-0.39, 0.29) is 0 Å². The lowest BCUT2D eigenvalue weighted by molar-refractivity contribution is -0.123. The summed E-state index contributed by atoms with van der Waals surface area (Å²) in [5.41, 5.74) is 2.15. The minimum atomic E-state index is -0.925. The lowest BCUT2D eigenvalue weighted by Gasteiger charge is -2.12. The van der Waals surface area contributed by atoms with Gasteiger partial charge in [-0.1, -0.05) is 30.3 Å². The van der Waals surface area contributed by atoms with Crippen LogP contribution in [0.25, 0.3) is 11.3 Å². The summed E-state index contributed by atoms with van der Waals surface area (Å²) in [5.74, 6) is -0.962. The van der Waals surface area contributed by atoms with Gasteiger partial charge < -0.3 is 9.30 Å². The molecular formula is C18H17N3O3S. The van der Waals surface area contributed by atoms with Crippen LogP contribution in [0, 0.1) is 0 Å². The van der Waals surface area contributed by atoms with E-state index in [1.54, 1.807) is 29.9 Å². The lowest BCUT2D eigenvalue weighted by Crippen LogP contribution is -2.30. The summed E-state index contributed by atoms with van der Waals surface area (Å²) < 4.78 is 6.84. The fourth-order valence-corrected chi connectivity index (χ4v) is 2.95. The number of carbonyl (C=O) groups is 2. The number of aromatic nitrogens is 2. The Bertz CT molecular complexity index is 886. The van der Waals surface area contributed by atoms with Crippen LogP contribution in [0.5, 0.6) is 0 Å². The van der Waals surface area contributed by atoms with Crippen LogP contribution in [0.3, 0.4) is 0 Å². The smallest absolute Gasteiger partial charge is 0.355 e. The monoisotopic (exact) mass is 355 g/mol. The van der Waals surface area contributed by atoms with Crippen LogP contribution in [-0.2, 0) is 16.6 Å². The SMILES string of the molecule is C[C@H](OC(=O)c1cccn1C)C(=O)Nc1nc(-c2ccccc2)cs1. The number of ether oxygens (including phenoxy) is 1. The number of hydrogen-bond acceptors (Lipinski definition) is 5. The number of esters is 1. The van der Waals surface area contributed by atoms with Crippen LogP contribution in [0.4, 0.5) is 5.13 Å². The summed E-state index contributed by atoms with van der Waals surface area (Å²) in [6, 6.07) is 13.1. The minimum Gasteiger partial charge on any atom is -0.448 e. The Kier molecular flexibility index (Phi) is 4.95. The predicted octanol–water partition coefficient (Wildman–Crippen LogP) is 3.33. The van der Waals surface area contributed by atoms with Crippen molar-refractivity contribution < 1.29 is 14.3 Å². The van der Waals surface area contributed by atoms with E-state index in [0.29, 0.717) is 10.8 Å². The lowest BCUT2D eigenvalue weighted by atomic mass is 10.2. The van der Waals surface area contributed by atoms with Gasteiger partial charge >= 0.3 is 5.97 Å². The number of thiazole rings is 1. The van der Waals surface area contributed by atoms with Gasteiger partial charge in [0.2, 0.25) is 0 Å². The van der Waals surface area contributed by atoms with Gasteiger partial charge in [-0.3, -0.25) is 10.1 Å². The summed E-state index contributed by atoms with van der Waals surface area (Å²) in [7, 11) is 1.74. The molecule has 1 N–H and O–H groups in total. The number of nitrogens with one attached hydrogen (secondary N) is 1. The third kappa shape index (κ3) is 3.95. The van der Waals surface area contributed by atoms with Crippen molar-refractivity contribution in [3.63, 3.8) is 0 Å². The molecule has 0 aliphatic heterocycles. The molecule has 1 amide bonds. The average molecular weight is 355 g/mol. The molecule has 0 unspecified atom stereocenters. The van der Waals surface area contributed by atoms with E-state index in [2.05, 4.69) is 10.3 Å². The summed E-state index contributed by atoms with van der Waals surface area (Å²) >= 11 is 1.32. The summed E-state index contributed by atoms with van der Waals surface area (Å²) in [6.45, 7) is 1.53. The third-order valence-electron chi connectivity index (χ3n) is 3.61. The highest BCUT2D eigenvalue weighted by Gasteiger charge is 2.21. The van der Waals surface area contributed by atoms with Crippen molar-refractivity contribution in [1.82, 2.24) is 9.55 Å². The fourth-order valence-electron chi connectivity index (χ4n) is 2.23. The normalized spacial score (nSPS) is 11.8. The quantitative estimate of drug-likeness (QED) is 0.713. The maximum Gasteiger partial charge on any atom is 0.355 e. The predicted molar refractivity (Wildman–Crippen MR) is 96.5 cm³/mol. The van der Waals surface area contributed by atoms with Crippen LogP contribution < -0.4 is 5.32 Å². The molecule has 6 nitrogen and oxygen atoms in total. The zero-order chi connectivity index (χ0) is 17.8. The zero-order valence-corrected chi connectivity index (χ0v) is 14.6. The highest BCUT2D eigenvalue weighted by molar-refractivity contribution is 7.14. The van der Waals surface area contributed by atoms with Gasteiger partial charge in [-0.05, 0) is 19.1 Å². The van der Waals surface area contributed by atoms with E-state index in [1.165, 1.54) is 18.3 Å². The van der Waals surface area contributed by atoms with Crippen molar-refractivity contribution in [1.29, 1.82) is 0 Å². The Balaban J connectivity index is 1.61. The molecule has 1 atom stereocenters. The first-order chi connectivity index (χ1) is 12.0. The van der Waals surface area contributed by atoms with E-state index in [4.69, 9.17) is 4.74 Å². The van der Waals surface area contributed by atoms with Gasteiger partial charge in [-0.25, -0.2) is 9.78 Å². The number of aryl methyl sites for hydroxylation is 1. The molecule has 0 fully saturated rings. The Labute approximate surface area is 149 Å². The molecule has 7 heteroatoms. The first kappa shape index (κ1) is 16.9. The molecule has 3 aromatic rings. The summed E-state index contributed by atoms with van der Waals surface area (Å²) in [6.07, 6.45) is 0.814. The number of benzene rings is 1. The summed E-state index contributed by atoms with van der Waals surface area (Å²) in [4.78, 5) is 28.7. The van der Waals surface area contributed by atoms with E-state index in [1.807, 2.05) is 35.7 Å². The molecular weight excluding hydrogens is 338 g/mol. The van der Waals surface area contributed by atoms with Crippen molar-refractivity contribution in [2.75, 3.05) is 5.32 Å². The van der Waals surface area contributed by atoms with Crippen LogP contribution >= 0.6 is 11.3 Å². The largest absolute Gasteiger partial charge is 0.448 e. The standard InChI is InChI=1S/C18H17N3O3S/c1-12(24-17(23)15-9-6-10-21(15)2)16(22)20-18-19-14(11-25-18)13-7-4-3-5-8-13/h3-12H,1-2H3,(H,19,20,22)/t12-/m0/s1. The molecule has 0 saturated heterocycles. The van der Waals surface area contributed by atoms with Crippen LogP contribution in [0.15, 0.2) is 54.0 Å². The van der Waals surface area contributed by atoms with Crippen molar-refractivity contribution >= 4 is 28.3 Å². The molecule has 0 aliphatic rings. The second-order valence-electron chi connectivity index (χ2n) is 5.45. The molecule has 3 rings (SSSR count). The number of hydrogen-bond donors (Lipinski definition) is 1. The topological polar surface area (TPSA) is 73.2 Å². The van der Waals surface area contributed by atoms with Crippen molar-refractivity contribution in [3.8, 4) is 11.3 Å². The van der Waals surface area contributed by atoms with Crippen molar-refractivity contribution in [2.45, 2.75) is 13.0 Å². The molecule has 128 valence electrons.